The van der Waals surface area contributed by atoms with Crippen molar-refractivity contribution in [2.45, 2.75) is 0 Å². The Kier molecular flexibility index (Phi) is 5.19. The third kappa shape index (κ3) is 3.96. The summed E-state index contributed by atoms with van der Waals surface area (Å²) in [5, 5.41) is 3.87. The zero-order valence-electron chi connectivity index (χ0n) is 14.5. The Labute approximate surface area is 170 Å². The predicted octanol–water partition coefficient (Wildman–Crippen LogP) is 6.51. The maximum absolute atomic E-state index is 13.4. The van der Waals surface area contributed by atoms with Crippen LogP contribution in [0.25, 0.3) is 22.2 Å². The van der Waals surface area contributed by atoms with E-state index in [0.29, 0.717) is 25.7 Å². The average Bonchev–Trinajstić information content (AvgIpc) is 3.03. The first-order valence-electron chi connectivity index (χ1n) is 8.48. The van der Waals surface area contributed by atoms with Gasteiger partial charge in [0, 0.05) is 22.0 Å². The molecule has 0 aliphatic heterocycles. The first-order chi connectivity index (χ1) is 13.6. The van der Waals surface area contributed by atoms with Crippen molar-refractivity contribution in [3.05, 3.63) is 93.8 Å². The number of benzene rings is 2. The van der Waals surface area contributed by atoms with Crippen molar-refractivity contribution < 1.29 is 9.18 Å². The van der Waals surface area contributed by atoms with E-state index in [1.165, 1.54) is 23.5 Å². The minimum absolute atomic E-state index is 0.322. The van der Waals surface area contributed by atoms with Crippen LogP contribution in [0.2, 0.25) is 5.02 Å². The van der Waals surface area contributed by atoms with E-state index in [0.717, 1.165) is 11.3 Å². The van der Waals surface area contributed by atoms with E-state index in [9.17, 15) is 9.18 Å². The number of hydrogen-bond donors (Lipinski definition) is 1. The molecule has 28 heavy (non-hydrogen) atoms. The maximum Gasteiger partial charge on any atom is 0.267 e. The van der Waals surface area contributed by atoms with Crippen molar-refractivity contribution in [2.24, 2.45) is 0 Å². The molecule has 0 aliphatic rings. The van der Waals surface area contributed by atoms with Crippen molar-refractivity contribution in [2.75, 3.05) is 5.32 Å². The molecule has 2 aromatic carbocycles. The summed E-state index contributed by atoms with van der Waals surface area (Å²) in [6.45, 7) is 0. The average molecular weight is 409 g/mol. The van der Waals surface area contributed by atoms with Crippen LogP contribution in [0.15, 0.2) is 66.9 Å². The predicted molar refractivity (Wildman–Crippen MR) is 114 cm³/mol. The molecule has 1 N–H and O–H groups in total. The lowest BCUT2D eigenvalue weighted by molar-refractivity contribution is 0.103. The van der Waals surface area contributed by atoms with Crippen LogP contribution in [0, 0.1) is 5.82 Å². The van der Waals surface area contributed by atoms with Gasteiger partial charge in [-0.15, -0.1) is 11.3 Å². The second-order valence-electron chi connectivity index (χ2n) is 6.05. The smallest absolute Gasteiger partial charge is 0.267 e. The largest absolute Gasteiger partial charge is 0.321 e. The molecule has 0 aliphatic carbocycles. The first-order valence-corrected chi connectivity index (χ1v) is 9.68. The van der Waals surface area contributed by atoms with Gasteiger partial charge in [-0.3, -0.25) is 9.78 Å². The summed E-state index contributed by atoms with van der Waals surface area (Å²) in [7, 11) is 0. The number of hydrogen-bond acceptors (Lipinski definition) is 3. The van der Waals surface area contributed by atoms with Crippen molar-refractivity contribution >= 4 is 56.8 Å². The Balaban J connectivity index is 1.55. The summed E-state index contributed by atoms with van der Waals surface area (Å²) in [6.07, 6.45) is 5.56. The number of nitrogens with zero attached hydrogens (tertiary/aromatic N) is 1. The number of pyridine rings is 1. The minimum atomic E-state index is -0.357. The molecular weight excluding hydrogens is 395 g/mol. The minimum Gasteiger partial charge on any atom is -0.321 e. The van der Waals surface area contributed by atoms with Gasteiger partial charge in [0.1, 0.15) is 10.7 Å². The number of nitrogens with one attached hydrogen (secondary N) is 1. The summed E-state index contributed by atoms with van der Waals surface area (Å²) < 4.78 is 14.1. The van der Waals surface area contributed by atoms with Crippen molar-refractivity contribution in [1.29, 1.82) is 0 Å². The van der Waals surface area contributed by atoms with E-state index in [4.69, 9.17) is 11.6 Å². The van der Waals surface area contributed by atoms with Crippen LogP contribution in [-0.2, 0) is 0 Å². The zero-order valence-corrected chi connectivity index (χ0v) is 16.1. The van der Waals surface area contributed by atoms with Gasteiger partial charge < -0.3 is 5.32 Å². The number of anilines is 1. The summed E-state index contributed by atoms with van der Waals surface area (Å²) >= 11 is 7.50. The zero-order chi connectivity index (χ0) is 19.5. The summed E-state index contributed by atoms with van der Waals surface area (Å²) in [5.41, 5.74) is 2.42. The molecule has 4 aromatic rings. The normalized spacial score (nSPS) is 11.2. The molecule has 0 bridgehead atoms. The Hall–Kier alpha value is -3.02. The lowest BCUT2D eigenvalue weighted by Gasteiger charge is -2.05. The Bertz CT molecular complexity index is 1190. The fourth-order valence-electron chi connectivity index (χ4n) is 2.75. The molecule has 2 aromatic heterocycles. The molecule has 138 valence electrons. The number of fused-ring (bicyclic) bond motifs is 1. The highest BCUT2D eigenvalue weighted by atomic mass is 35.5. The summed E-state index contributed by atoms with van der Waals surface area (Å²) in [4.78, 5) is 17.3. The molecule has 6 heteroatoms. The molecule has 0 fully saturated rings. The molecule has 0 atom stereocenters. The summed E-state index contributed by atoms with van der Waals surface area (Å²) in [6, 6.07) is 17.4. The number of amides is 1. The van der Waals surface area contributed by atoms with Gasteiger partial charge in [-0.1, -0.05) is 35.9 Å². The van der Waals surface area contributed by atoms with E-state index in [-0.39, 0.29) is 11.7 Å². The van der Waals surface area contributed by atoms with Gasteiger partial charge in [0.25, 0.3) is 5.91 Å². The highest BCUT2D eigenvalue weighted by molar-refractivity contribution is 7.21. The Morgan fingerprint density at radius 1 is 1.07 bits per heavy atom. The molecule has 0 radical (unpaired) electrons. The van der Waals surface area contributed by atoms with E-state index in [1.807, 2.05) is 48.6 Å². The molecule has 0 saturated carbocycles. The van der Waals surface area contributed by atoms with E-state index in [1.54, 1.807) is 18.3 Å². The van der Waals surface area contributed by atoms with Crippen LogP contribution in [0.4, 0.5) is 10.1 Å². The quantitative estimate of drug-likeness (QED) is 0.418. The van der Waals surface area contributed by atoms with Gasteiger partial charge in [0.05, 0.1) is 10.7 Å². The van der Waals surface area contributed by atoms with Crippen molar-refractivity contribution in [3.63, 3.8) is 0 Å². The number of carbonyl (C=O) groups is 1. The highest BCUT2D eigenvalue weighted by Gasteiger charge is 2.17. The molecule has 0 unspecified atom stereocenters. The number of carbonyl (C=O) groups excluding carboxylic acids is 1. The monoisotopic (exact) mass is 408 g/mol. The number of thiophene rings is 1. The van der Waals surface area contributed by atoms with Gasteiger partial charge in [0.15, 0.2) is 0 Å². The third-order valence-corrected chi connectivity index (χ3v) is 5.73. The number of aromatic nitrogens is 1. The van der Waals surface area contributed by atoms with Crippen LogP contribution < -0.4 is 5.32 Å². The van der Waals surface area contributed by atoms with Gasteiger partial charge in [-0.2, -0.15) is 0 Å². The van der Waals surface area contributed by atoms with Crippen LogP contribution in [0.1, 0.15) is 20.9 Å². The SMILES string of the molecule is O=C(Nc1cccc(/C=C/c2ccccn2)c1)c1sc2cc(F)ccc2c1Cl. The molecule has 4 rings (SSSR count). The molecule has 2 heterocycles. The van der Waals surface area contributed by atoms with Crippen molar-refractivity contribution in [3.8, 4) is 0 Å². The Morgan fingerprint density at radius 3 is 2.79 bits per heavy atom. The summed E-state index contributed by atoms with van der Waals surface area (Å²) in [5.74, 6) is -0.678. The van der Waals surface area contributed by atoms with Gasteiger partial charge in [-0.25, -0.2) is 4.39 Å². The second kappa shape index (κ2) is 7.92. The first kappa shape index (κ1) is 18.3. The fraction of sp³-hybridized carbons (Fsp3) is 0. The van der Waals surface area contributed by atoms with Crippen LogP contribution >= 0.6 is 22.9 Å². The standard InChI is InChI=1S/C22H14ClFN2OS/c23-20-18-10-8-15(24)13-19(18)28-21(20)22(27)26-17-6-3-4-14(12-17)7-9-16-5-1-2-11-25-16/h1-13H,(H,26,27)/b9-7+. The Morgan fingerprint density at radius 2 is 1.96 bits per heavy atom. The van der Waals surface area contributed by atoms with Gasteiger partial charge >= 0.3 is 0 Å². The van der Waals surface area contributed by atoms with E-state index < -0.39 is 0 Å². The lowest BCUT2D eigenvalue weighted by Crippen LogP contribution is -2.10. The fourth-order valence-corrected chi connectivity index (χ4v) is 4.19. The molecule has 3 nitrogen and oxygen atoms in total. The molecular formula is C22H14ClFN2OS. The topological polar surface area (TPSA) is 42.0 Å². The number of rotatable bonds is 4. The van der Waals surface area contributed by atoms with Gasteiger partial charge in [0.2, 0.25) is 0 Å². The third-order valence-electron chi connectivity index (χ3n) is 4.08. The van der Waals surface area contributed by atoms with Crippen LogP contribution in [-0.4, -0.2) is 10.9 Å². The molecule has 0 spiro atoms. The maximum atomic E-state index is 13.4. The molecule has 1 amide bonds. The molecule has 0 saturated heterocycles. The second-order valence-corrected chi connectivity index (χ2v) is 7.48. The van der Waals surface area contributed by atoms with Crippen LogP contribution in [0.5, 0.6) is 0 Å². The number of halogens is 2. The van der Waals surface area contributed by atoms with Gasteiger partial charge in [-0.05, 0) is 54.1 Å². The van der Waals surface area contributed by atoms with E-state index >= 15 is 0 Å². The van der Waals surface area contributed by atoms with Crippen LogP contribution in [0.3, 0.4) is 0 Å². The van der Waals surface area contributed by atoms with Crippen molar-refractivity contribution in [1.82, 2.24) is 4.98 Å². The highest BCUT2D eigenvalue weighted by Crippen LogP contribution is 2.36. The van der Waals surface area contributed by atoms with E-state index in [2.05, 4.69) is 10.3 Å². The lowest BCUT2D eigenvalue weighted by atomic mass is 10.1.